The number of hydrogen-bond donors (Lipinski definition) is 0. The highest BCUT2D eigenvalue weighted by Gasteiger charge is 2.26. The van der Waals surface area contributed by atoms with Crippen molar-refractivity contribution in [3.63, 3.8) is 0 Å². The molecule has 0 saturated carbocycles. The monoisotopic (exact) mass is 378 g/mol. The molecule has 0 unspecified atom stereocenters. The van der Waals surface area contributed by atoms with Crippen LogP contribution < -0.4 is 0 Å². The van der Waals surface area contributed by atoms with E-state index in [1.54, 1.807) is 42.6 Å². The van der Waals surface area contributed by atoms with E-state index in [2.05, 4.69) is 20.1 Å². The van der Waals surface area contributed by atoms with Crippen LogP contribution in [0.1, 0.15) is 29.0 Å². The van der Waals surface area contributed by atoms with Crippen LogP contribution in [0.25, 0.3) is 17.1 Å². The molecule has 0 bridgehead atoms. The Labute approximate surface area is 163 Å². The predicted octanol–water partition coefficient (Wildman–Crippen LogP) is 2.28. The van der Waals surface area contributed by atoms with Crippen molar-refractivity contribution in [2.45, 2.75) is 25.9 Å². The number of amides is 1. The molecule has 0 radical (unpaired) electrons. The van der Waals surface area contributed by atoms with Crippen LogP contribution in [0, 0.1) is 6.92 Å². The molecule has 0 N–H and O–H groups in total. The predicted molar refractivity (Wildman–Crippen MR) is 103 cm³/mol. The average Bonchev–Trinajstić information content (AvgIpc) is 3.20. The minimum atomic E-state index is -0.0847. The van der Waals surface area contributed by atoms with E-state index in [0.717, 1.165) is 24.2 Å². The number of carbonyl (C=O) groups excluding carboxylic acids is 1. The Kier molecular flexibility index (Phi) is 5.12. The molecule has 0 atom stereocenters. The summed E-state index contributed by atoms with van der Waals surface area (Å²) in [4.78, 5) is 27.8. The van der Waals surface area contributed by atoms with E-state index in [1.807, 2.05) is 24.0 Å². The molecule has 144 valence electrons. The molecule has 1 amide bonds. The van der Waals surface area contributed by atoms with E-state index in [4.69, 9.17) is 4.74 Å². The molecule has 0 aliphatic carbocycles. The Morgan fingerprint density at radius 2 is 2.00 bits per heavy atom. The number of likely N-dealkylation sites (tertiary alicyclic amines) is 1. The Bertz CT molecular complexity index is 947. The number of aromatic nitrogens is 5. The Morgan fingerprint density at radius 3 is 2.64 bits per heavy atom. The summed E-state index contributed by atoms with van der Waals surface area (Å²) in [6.07, 6.45) is 8.69. The number of aryl methyl sites for hydroxylation is 1. The minimum absolute atomic E-state index is 0.0847. The smallest absolute Gasteiger partial charge is 0.274 e. The van der Waals surface area contributed by atoms with Gasteiger partial charge in [-0.2, -0.15) is 5.10 Å². The number of hydrogen-bond acceptors (Lipinski definition) is 6. The summed E-state index contributed by atoms with van der Waals surface area (Å²) in [7, 11) is 1.71. The fourth-order valence-electron chi connectivity index (χ4n) is 3.33. The van der Waals surface area contributed by atoms with Crippen molar-refractivity contribution in [3.8, 4) is 17.1 Å². The third-order valence-corrected chi connectivity index (χ3v) is 4.92. The Morgan fingerprint density at radius 1 is 1.18 bits per heavy atom. The topological polar surface area (TPSA) is 86.0 Å². The molecule has 28 heavy (non-hydrogen) atoms. The molecule has 4 heterocycles. The van der Waals surface area contributed by atoms with E-state index in [1.165, 1.54) is 0 Å². The van der Waals surface area contributed by atoms with Crippen LogP contribution in [0.2, 0.25) is 0 Å². The van der Waals surface area contributed by atoms with Crippen LogP contribution in [-0.2, 0) is 4.74 Å². The molecule has 8 nitrogen and oxygen atoms in total. The molecule has 8 heteroatoms. The maximum atomic E-state index is 13.0. The molecular formula is C20H22N6O2. The standard InChI is InChI=1S/C20H22N6O2/c1-14-11-23-18(13-22-14)19-10-17(24-26(19)15-4-3-7-21-12-15)20(27)25-8-5-16(28-2)6-9-25/h3-4,7,10-13,16H,5-6,8-9H2,1-2H3. The van der Waals surface area contributed by atoms with Crippen molar-refractivity contribution >= 4 is 5.91 Å². The molecule has 4 rings (SSSR count). The van der Waals surface area contributed by atoms with Gasteiger partial charge in [-0.15, -0.1) is 0 Å². The van der Waals surface area contributed by atoms with Gasteiger partial charge in [0.1, 0.15) is 5.69 Å². The lowest BCUT2D eigenvalue weighted by Crippen LogP contribution is -2.40. The number of rotatable bonds is 4. The third kappa shape index (κ3) is 3.63. The summed E-state index contributed by atoms with van der Waals surface area (Å²) in [5, 5.41) is 4.58. The van der Waals surface area contributed by atoms with Gasteiger partial charge in [0.15, 0.2) is 5.69 Å². The zero-order valence-corrected chi connectivity index (χ0v) is 15.9. The molecule has 0 spiro atoms. The van der Waals surface area contributed by atoms with Gasteiger partial charge in [-0.1, -0.05) is 0 Å². The lowest BCUT2D eigenvalue weighted by atomic mass is 10.1. The second kappa shape index (κ2) is 7.85. The fourth-order valence-corrected chi connectivity index (χ4v) is 3.33. The lowest BCUT2D eigenvalue weighted by molar-refractivity contribution is 0.0347. The van der Waals surface area contributed by atoms with E-state index < -0.39 is 0 Å². The molecule has 0 aromatic carbocycles. The number of pyridine rings is 1. The van der Waals surface area contributed by atoms with Crippen LogP contribution in [0.15, 0.2) is 43.0 Å². The van der Waals surface area contributed by atoms with Crippen molar-refractivity contribution in [3.05, 3.63) is 54.4 Å². The van der Waals surface area contributed by atoms with Crippen molar-refractivity contribution in [1.29, 1.82) is 0 Å². The first-order chi connectivity index (χ1) is 13.7. The van der Waals surface area contributed by atoms with Gasteiger partial charge in [-0.05, 0) is 38.0 Å². The van der Waals surface area contributed by atoms with E-state index in [9.17, 15) is 4.79 Å². The molecule has 1 fully saturated rings. The van der Waals surface area contributed by atoms with Gasteiger partial charge in [0, 0.05) is 32.6 Å². The Hall–Kier alpha value is -3.13. The van der Waals surface area contributed by atoms with Gasteiger partial charge in [-0.3, -0.25) is 19.7 Å². The highest BCUT2D eigenvalue weighted by molar-refractivity contribution is 5.93. The number of carbonyl (C=O) groups is 1. The molecular weight excluding hydrogens is 356 g/mol. The second-order valence-electron chi connectivity index (χ2n) is 6.81. The SMILES string of the molecule is COC1CCN(C(=O)c2cc(-c3cnc(C)cn3)n(-c3cccnc3)n2)CC1. The Balaban J connectivity index is 1.69. The average molecular weight is 378 g/mol. The zero-order chi connectivity index (χ0) is 19.5. The van der Waals surface area contributed by atoms with Gasteiger partial charge in [0.05, 0.1) is 35.6 Å². The number of nitrogens with zero attached hydrogens (tertiary/aromatic N) is 6. The summed E-state index contributed by atoms with van der Waals surface area (Å²) in [6.45, 7) is 3.21. The first-order valence-corrected chi connectivity index (χ1v) is 9.27. The number of piperidine rings is 1. The van der Waals surface area contributed by atoms with Gasteiger partial charge in [0.25, 0.3) is 5.91 Å². The van der Waals surface area contributed by atoms with Crippen molar-refractivity contribution in [2.24, 2.45) is 0 Å². The summed E-state index contributed by atoms with van der Waals surface area (Å²) < 4.78 is 7.09. The molecule has 1 aliphatic rings. The first kappa shape index (κ1) is 18.2. The third-order valence-electron chi connectivity index (χ3n) is 4.92. The maximum absolute atomic E-state index is 13.0. The maximum Gasteiger partial charge on any atom is 0.274 e. The van der Waals surface area contributed by atoms with Gasteiger partial charge in [-0.25, -0.2) is 4.68 Å². The van der Waals surface area contributed by atoms with Gasteiger partial charge < -0.3 is 9.64 Å². The molecule has 3 aromatic heterocycles. The highest BCUT2D eigenvalue weighted by atomic mass is 16.5. The van der Waals surface area contributed by atoms with E-state index in [0.29, 0.717) is 30.2 Å². The van der Waals surface area contributed by atoms with Crippen LogP contribution in [-0.4, -0.2) is 61.8 Å². The van der Waals surface area contributed by atoms with Crippen molar-refractivity contribution in [2.75, 3.05) is 20.2 Å². The normalized spacial score (nSPS) is 15.0. The molecule has 1 saturated heterocycles. The highest BCUT2D eigenvalue weighted by Crippen LogP contribution is 2.23. The quantitative estimate of drug-likeness (QED) is 0.692. The summed E-state index contributed by atoms with van der Waals surface area (Å²) in [5.41, 5.74) is 3.33. The zero-order valence-electron chi connectivity index (χ0n) is 15.9. The summed E-state index contributed by atoms with van der Waals surface area (Å²) in [6, 6.07) is 5.50. The fraction of sp³-hybridized carbons (Fsp3) is 0.350. The van der Waals surface area contributed by atoms with E-state index >= 15 is 0 Å². The first-order valence-electron chi connectivity index (χ1n) is 9.27. The van der Waals surface area contributed by atoms with Gasteiger partial charge in [0.2, 0.25) is 0 Å². The molecule has 1 aliphatic heterocycles. The van der Waals surface area contributed by atoms with Crippen LogP contribution in [0.3, 0.4) is 0 Å². The second-order valence-corrected chi connectivity index (χ2v) is 6.81. The van der Waals surface area contributed by atoms with Crippen LogP contribution in [0.5, 0.6) is 0 Å². The van der Waals surface area contributed by atoms with Crippen molar-refractivity contribution in [1.82, 2.24) is 29.6 Å². The minimum Gasteiger partial charge on any atom is -0.381 e. The largest absolute Gasteiger partial charge is 0.381 e. The molecule has 3 aromatic rings. The summed E-state index contributed by atoms with van der Waals surface area (Å²) in [5.74, 6) is -0.0847. The number of ether oxygens (including phenoxy) is 1. The van der Waals surface area contributed by atoms with Crippen LogP contribution >= 0.6 is 0 Å². The van der Waals surface area contributed by atoms with E-state index in [-0.39, 0.29) is 12.0 Å². The van der Waals surface area contributed by atoms with Crippen LogP contribution in [0.4, 0.5) is 0 Å². The van der Waals surface area contributed by atoms with Gasteiger partial charge >= 0.3 is 0 Å². The lowest BCUT2D eigenvalue weighted by Gasteiger charge is -2.30. The number of methoxy groups -OCH3 is 1. The summed E-state index contributed by atoms with van der Waals surface area (Å²) >= 11 is 0. The van der Waals surface area contributed by atoms with Crippen molar-refractivity contribution < 1.29 is 9.53 Å².